The van der Waals surface area contributed by atoms with E-state index in [4.69, 9.17) is 9.22 Å². The molecular formula is C6H16O2Si. The largest absolute Gasteiger partial charge is 0.415 e. The smallest absolute Gasteiger partial charge is 0.302 e. The summed E-state index contributed by atoms with van der Waals surface area (Å²) in [5, 5.41) is 0. The molecule has 56 valence electrons. The fourth-order valence-corrected chi connectivity index (χ4v) is 1.34. The lowest BCUT2D eigenvalue weighted by Crippen LogP contribution is -2.25. The van der Waals surface area contributed by atoms with Crippen LogP contribution in [0.1, 0.15) is 33.6 Å². The van der Waals surface area contributed by atoms with Gasteiger partial charge in [-0.05, 0) is 20.3 Å². The zero-order valence-electron chi connectivity index (χ0n) is 6.48. The van der Waals surface area contributed by atoms with E-state index in [1.54, 1.807) is 0 Å². The van der Waals surface area contributed by atoms with Gasteiger partial charge in [-0.3, -0.25) is 0 Å². The van der Waals surface area contributed by atoms with E-state index in [9.17, 15) is 0 Å². The van der Waals surface area contributed by atoms with Gasteiger partial charge in [0.25, 0.3) is 0 Å². The Hall–Kier alpha value is 0.137. The molecule has 0 heterocycles. The first-order valence-corrected chi connectivity index (χ1v) is 4.58. The molecule has 0 aromatic carbocycles. The maximum Gasteiger partial charge on any atom is 0.302 e. The van der Waals surface area contributed by atoms with Crippen molar-refractivity contribution in [1.29, 1.82) is 0 Å². The molecule has 0 saturated carbocycles. The summed E-state index contributed by atoms with van der Waals surface area (Å²) in [6.07, 6.45) is 2.14. The molecule has 0 aromatic rings. The zero-order chi connectivity index (χ0) is 7.33. The van der Waals surface area contributed by atoms with E-state index < -0.39 is 10.0 Å². The lowest BCUT2D eigenvalue weighted by Gasteiger charge is -2.23. The molecule has 0 radical (unpaired) electrons. The topological polar surface area (TPSA) is 29.5 Å². The van der Waals surface area contributed by atoms with Gasteiger partial charge in [-0.15, -0.1) is 0 Å². The molecule has 0 amide bonds. The molecule has 9 heavy (non-hydrogen) atoms. The van der Waals surface area contributed by atoms with Crippen LogP contribution in [0.15, 0.2) is 0 Å². The molecule has 3 heteroatoms. The Labute approximate surface area is 59.3 Å². The van der Waals surface area contributed by atoms with Gasteiger partial charge in [0.05, 0.1) is 5.60 Å². The minimum atomic E-state index is -1.21. The van der Waals surface area contributed by atoms with Crippen molar-refractivity contribution < 1.29 is 9.22 Å². The van der Waals surface area contributed by atoms with Gasteiger partial charge in [-0.1, -0.05) is 13.3 Å². The third kappa shape index (κ3) is 4.63. The van der Waals surface area contributed by atoms with Gasteiger partial charge in [0, 0.05) is 0 Å². The van der Waals surface area contributed by atoms with Crippen LogP contribution in [-0.4, -0.2) is 20.4 Å². The fourth-order valence-electron chi connectivity index (χ4n) is 0.849. The van der Waals surface area contributed by atoms with Gasteiger partial charge < -0.3 is 9.22 Å². The second kappa shape index (κ2) is 4.03. The van der Waals surface area contributed by atoms with E-state index in [-0.39, 0.29) is 5.60 Å². The first kappa shape index (κ1) is 9.14. The minimum Gasteiger partial charge on any atom is -0.415 e. The van der Waals surface area contributed by atoms with Crippen LogP contribution in [0.3, 0.4) is 0 Å². The SMILES string of the molecule is CCCC(C)(C)O[SiH2]O. The van der Waals surface area contributed by atoms with Crippen molar-refractivity contribution in [2.75, 3.05) is 0 Å². The van der Waals surface area contributed by atoms with Gasteiger partial charge >= 0.3 is 10.0 Å². The predicted molar refractivity (Wildman–Crippen MR) is 40.8 cm³/mol. The monoisotopic (exact) mass is 148 g/mol. The molecule has 0 aliphatic carbocycles. The Morgan fingerprint density at radius 2 is 2.11 bits per heavy atom. The summed E-state index contributed by atoms with van der Waals surface area (Å²) >= 11 is 0. The molecule has 0 aromatic heterocycles. The van der Waals surface area contributed by atoms with Gasteiger partial charge in [0.15, 0.2) is 0 Å². The predicted octanol–water partition coefficient (Wildman–Crippen LogP) is 0.573. The molecule has 2 nitrogen and oxygen atoms in total. The number of hydrogen-bond acceptors (Lipinski definition) is 2. The molecular weight excluding hydrogens is 132 g/mol. The average Bonchev–Trinajstić information content (AvgIpc) is 1.64. The van der Waals surface area contributed by atoms with Crippen LogP contribution in [-0.2, 0) is 4.43 Å². The van der Waals surface area contributed by atoms with Crippen molar-refractivity contribution in [1.82, 2.24) is 0 Å². The lowest BCUT2D eigenvalue weighted by atomic mass is 10.0. The Kier molecular flexibility index (Phi) is 4.09. The fraction of sp³-hybridized carbons (Fsp3) is 1.00. The normalized spacial score (nSPS) is 13.3. The van der Waals surface area contributed by atoms with E-state index in [0.29, 0.717) is 0 Å². The Balaban J connectivity index is 3.43. The quantitative estimate of drug-likeness (QED) is 0.591. The summed E-state index contributed by atoms with van der Waals surface area (Å²) in [5.74, 6) is 0. The van der Waals surface area contributed by atoms with Gasteiger partial charge in [-0.2, -0.15) is 0 Å². The highest BCUT2D eigenvalue weighted by Gasteiger charge is 2.14. The Bertz CT molecular complexity index is 65.5. The van der Waals surface area contributed by atoms with Crippen LogP contribution in [0.2, 0.25) is 0 Å². The summed E-state index contributed by atoms with van der Waals surface area (Å²) in [6.45, 7) is 6.14. The molecule has 0 bridgehead atoms. The van der Waals surface area contributed by atoms with Crippen LogP contribution in [0.25, 0.3) is 0 Å². The van der Waals surface area contributed by atoms with Crippen LogP contribution >= 0.6 is 0 Å². The standard InChI is InChI=1S/C6H16O2Si/c1-4-5-6(2,3)8-9-7/h7H,4-5,9H2,1-3H3. The third-order valence-corrected chi connectivity index (χ3v) is 2.22. The molecule has 0 aliphatic heterocycles. The maximum atomic E-state index is 8.55. The first-order valence-electron chi connectivity index (χ1n) is 3.37. The highest BCUT2D eigenvalue weighted by atomic mass is 28.2. The van der Waals surface area contributed by atoms with E-state index in [1.165, 1.54) is 0 Å². The molecule has 0 saturated heterocycles. The number of hydrogen-bond donors (Lipinski definition) is 1. The van der Waals surface area contributed by atoms with E-state index in [0.717, 1.165) is 12.8 Å². The summed E-state index contributed by atoms with van der Waals surface area (Å²) in [5.41, 5.74) is -0.0876. The third-order valence-electron chi connectivity index (χ3n) is 1.31. The van der Waals surface area contributed by atoms with Gasteiger partial charge in [0.2, 0.25) is 0 Å². The van der Waals surface area contributed by atoms with E-state index in [1.807, 2.05) is 13.8 Å². The van der Waals surface area contributed by atoms with Crippen molar-refractivity contribution in [3.63, 3.8) is 0 Å². The second-order valence-electron chi connectivity index (χ2n) is 2.78. The van der Waals surface area contributed by atoms with Crippen LogP contribution in [0, 0.1) is 0 Å². The highest BCUT2D eigenvalue weighted by Crippen LogP contribution is 2.14. The average molecular weight is 148 g/mol. The highest BCUT2D eigenvalue weighted by molar-refractivity contribution is 6.16. The van der Waals surface area contributed by atoms with Crippen molar-refractivity contribution in [3.8, 4) is 0 Å². The Morgan fingerprint density at radius 1 is 1.56 bits per heavy atom. The number of rotatable bonds is 4. The van der Waals surface area contributed by atoms with E-state index in [2.05, 4.69) is 6.92 Å². The lowest BCUT2D eigenvalue weighted by molar-refractivity contribution is 0.0855. The Morgan fingerprint density at radius 3 is 2.44 bits per heavy atom. The zero-order valence-corrected chi connectivity index (χ0v) is 7.89. The second-order valence-corrected chi connectivity index (χ2v) is 3.33. The molecule has 0 aliphatic rings. The summed E-state index contributed by atoms with van der Waals surface area (Å²) < 4.78 is 5.16. The summed E-state index contributed by atoms with van der Waals surface area (Å²) in [6, 6.07) is 0. The van der Waals surface area contributed by atoms with Crippen molar-refractivity contribution in [3.05, 3.63) is 0 Å². The van der Waals surface area contributed by atoms with Crippen LogP contribution in [0.5, 0.6) is 0 Å². The van der Waals surface area contributed by atoms with Crippen molar-refractivity contribution >= 4 is 10.0 Å². The van der Waals surface area contributed by atoms with Crippen LogP contribution < -0.4 is 0 Å². The molecule has 0 unspecified atom stereocenters. The minimum absolute atomic E-state index is 0.0876. The first-order chi connectivity index (χ1) is 4.12. The van der Waals surface area contributed by atoms with E-state index >= 15 is 0 Å². The van der Waals surface area contributed by atoms with Crippen LogP contribution in [0.4, 0.5) is 0 Å². The maximum absolute atomic E-state index is 8.55. The molecule has 1 N–H and O–H groups in total. The summed E-state index contributed by atoms with van der Waals surface area (Å²) in [4.78, 5) is 8.55. The molecule has 0 spiro atoms. The molecule has 0 atom stereocenters. The van der Waals surface area contributed by atoms with Gasteiger partial charge in [-0.25, -0.2) is 0 Å². The van der Waals surface area contributed by atoms with Gasteiger partial charge in [0.1, 0.15) is 0 Å². The molecule has 0 fully saturated rings. The van der Waals surface area contributed by atoms with Crippen molar-refractivity contribution in [2.24, 2.45) is 0 Å². The molecule has 0 rings (SSSR count). The van der Waals surface area contributed by atoms with Crippen molar-refractivity contribution in [2.45, 2.75) is 39.2 Å². The summed E-state index contributed by atoms with van der Waals surface area (Å²) in [7, 11) is -1.21.